The van der Waals surface area contributed by atoms with Crippen molar-refractivity contribution >= 4 is 24.0 Å². The first-order chi connectivity index (χ1) is 11.2. The predicted octanol–water partition coefficient (Wildman–Crippen LogP) is 2.15. The zero-order valence-electron chi connectivity index (χ0n) is 14.5. The summed E-state index contributed by atoms with van der Waals surface area (Å²) in [6, 6.07) is 8.39. The second-order valence-corrected chi connectivity index (χ2v) is 6.48. The number of hydrogen-bond acceptors (Lipinski definition) is 4. The van der Waals surface area contributed by atoms with Gasteiger partial charge in [0.15, 0.2) is 0 Å². The van der Waals surface area contributed by atoms with Gasteiger partial charge in [-0.05, 0) is 38.4 Å². The molecule has 1 amide bonds. The fourth-order valence-corrected chi connectivity index (χ4v) is 3.67. The van der Waals surface area contributed by atoms with E-state index in [-0.39, 0.29) is 18.3 Å². The number of rotatable bonds is 3. The highest BCUT2D eigenvalue weighted by molar-refractivity contribution is 5.85. The Morgan fingerprint density at radius 1 is 1.21 bits per heavy atom. The number of halogens is 1. The molecular formula is C18H28ClN3O2. The molecule has 0 aliphatic carbocycles. The maximum Gasteiger partial charge on any atom is 0.227 e. The van der Waals surface area contributed by atoms with Crippen LogP contribution in [0, 0.1) is 5.92 Å². The van der Waals surface area contributed by atoms with Crippen LogP contribution in [0.5, 0.6) is 5.75 Å². The first-order valence-corrected chi connectivity index (χ1v) is 8.61. The molecule has 2 unspecified atom stereocenters. The lowest BCUT2D eigenvalue weighted by molar-refractivity contribution is -0.137. The third-order valence-electron chi connectivity index (χ3n) is 5.10. The summed E-state index contributed by atoms with van der Waals surface area (Å²) in [5.74, 6) is 1.36. The van der Waals surface area contributed by atoms with E-state index in [4.69, 9.17) is 4.74 Å². The quantitative estimate of drug-likeness (QED) is 0.904. The summed E-state index contributed by atoms with van der Waals surface area (Å²) in [4.78, 5) is 17.1. The number of carbonyl (C=O) groups excluding carboxylic acids is 1. The zero-order valence-corrected chi connectivity index (χ0v) is 15.3. The van der Waals surface area contributed by atoms with Gasteiger partial charge in [0.1, 0.15) is 5.75 Å². The third kappa shape index (κ3) is 3.95. The summed E-state index contributed by atoms with van der Waals surface area (Å²) < 4.78 is 5.45. The van der Waals surface area contributed by atoms with Crippen molar-refractivity contribution in [3.05, 3.63) is 24.3 Å². The predicted molar refractivity (Wildman–Crippen MR) is 99.2 cm³/mol. The number of anilines is 1. The normalized spacial score (nSPS) is 24.2. The van der Waals surface area contributed by atoms with Crippen molar-refractivity contribution < 1.29 is 9.53 Å². The molecule has 2 aliphatic heterocycles. The molecule has 2 aliphatic rings. The number of piperazine rings is 1. The first kappa shape index (κ1) is 18.9. The van der Waals surface area contributed by atoms with Crippen LogP contribution in [0.25, 0.3) is 0 Å². The lowest BCUT2D eigenvalue weighted by Crippen LogP contribution is -2.54. The highest BCUT2D eigenvalue weighted by Crippen LogP contribution is 2.29. The number of piperidine rings is 1. The summed E-state index contributed by atoms with van der Waals surface area (Å²) in [5.41, 5.74) is 1.12. The van der Waals surface area contributed by atoms with Gasteiger partial charge in [-0.3, -0.25) is 4.79 Å². The maximum absolute atomic E-state index is 12.8. The molecule has 6 heteroatoms. The summed E-state index contributed by atoms with van der Waals surface area (Å²) in [7, 11) is 1.70. The van der Waals surface area contributed by atoms with E-state index in [1.807, 2.05) is 23.1 Å². The van der Waals surface area contributed by atoms with Crippen LogP contribution in [0.1, 0.15) is 19.8 Å². The molecule has 1 N–H and O–H groups in total. The van der Waals surface area contributed by atoms with E-state index in [0.29, 0.717) is 11.9 Å². The molecule has 24 heavy (non-hydrogen) atoms. The second kappa shape index (κ2) is 8.58. The van der Waals surface area contributed by atoms with Crippen molar-refractivity contribution in [1.29, 1.82) is 0 Å². The van der Waals surface area contributed by atoms with E-state index in [1.54, 1.807) is 7.11 Å². The number of nitrogens with one attached hydrogen (secondary N) is 1. The summed E-state index contributed by atoms with van der Waals surface area (Å²) in [6.45, 7) is 6.47. The monoisotopic (exact) mass is 353 g/mol. The van der Waals surface area contributed by atoms with Crippen LogP contribution in [0.3, 0.4) is 0 Å². The van der Waals surface area contributed by atoms with Crippen LogP contribution in [0.15, 0.2) is 24.3 Å². The number of hydrogen-bond donors (Lipinski definition) is 1. The molecule has 2 fully saturated rings. The lowest BCUT2D eigenvalue weighted by atomic mass is 9.90. The van der Waals surface area contributed by atoms with Crippen molar-refractivity contribution in [2.75, 3.05) is 44.7 Å². The fourth-order valence-electron chi connectivity index (χ4n) is 3.67. The van der Waals surface area contributed by atoms with E-state index < -0.39 is 0 Å². The summed E-state index contributed by atoms with van der Waals surface area (Å²) in [5, 5.41) is 3.43. The van der Waals surface area contributed by atoms with E-state index in [1.165, 1.54) is 0 Å². The Morgan fingerprint density at radius 3 is 2.58 bits per heavy atom. The Balaban J connectivity index is 0.00000208. The average molecular weight is 354 g/mol. The number of ether oxygens (including phenoxy) is 1. The molecule has 0 saturated carbocycles. The number of benzene rings is 1. The number of carbonyl (C=O) groups is 1. The van der Waals surface area contributed by atoms with E-state index in [9.17, 15) is 4.79 Å². The van der Waals surface area contributed by atoms with Crippen molar-refractivity contribution in [1.82, 2.24) is 10.2 Å². The molecule has 2 heterocycles. The van der Waals surface area contributed by atoms with Crippen LogP contribution in [-0.4, -0.2) is 56.7 Å². The molecule has 134 valence electrons. The fraction of sp³-hybridized carbons (Fsp3) is 0.611. The Bertz CT molecular complexity index is 547. The molecule has 1 aromatic rings. The molecule has 0 aromatic heterocycles. The third-order valence-corrected chi connectivity index (χ3v) is 5.10. The van der Waals surface area contributed by atoms with Crippen LogP contribution in [0.2, 0.25) is 0 Å². The molecule has 3 rings (SSSR count). The van der Waals surface area contributed by atoms with Gasteiger partial charge < -0.3 is 19.9 Å². The average Bonchev–Trinajstić information content (AvgIpc) is 2.61. The van der Waals surface area contributed by atoms with E-state index >= 15 is 0 Å². The first-order valence-electron chi connectivity index (χ1n) is 8.61. The SMILES string of the molecule is COc1ccccc1N1CCN(C(=O)C2CCCNC2C)CC1.Cl. The van der Waals surface area contributed by atoms with E-state index in [2.05, 4.69) is 23.2 Å². The van der Waals surface area contributed by atoms with Gasteiger partial charge in [0.2, 0.25) is 5.91 Å². The summed E-state index contributed by atoms with van der Waals surface area (Å²) >= 11 is 0. The molecule has 5 nitrogen and oxygen atoms in total. The van der Waals surface area contributed by atoms with Crippen molar-refractivity contribution in [2.24, 2.45) is 5.92 Å². The number of methoxy groups -OCH3 is 1. The van der Waals surface area contributed by atoms with Gasteiger partial charge in [0.25, 0.3) is 0 Å². The van der Waals surface area contributed by atoms with Crippen molar-refractivity contribution in [3.63, 3.8) is 0 Å². The lowest BCUT2D eigenvalue weighted by Gasteiger charge is -2.39. The highest BCUT2D eigenvalue weighted by atomic mass is 35.5. The van der Waals surface area contributed by atoms with Crippen LogP contribution in [0.4, 0.5) is 5.69 Å². The highest BCUT2D eigenvalue weighted by Gasteiger charge is 2.32. The molecule has 2 saturated heterocycles. The minimum atomic E-state index is 0. The molecule has 0 spiro atoms. The molecule has 0 bridgehead atoms. The Kier molecular flexibility index (Phi) is 6.75. The zero-order chi connectivity index (χ0) is 16.2. The summed E-state index contributed by atoms with van der Waals surface area (Å²) in [6.07, 6.45) is 2.11. The molecule has 0 radical (unpaired) electrons. The smallest absolute Gasteiger partial charge is 0.227 e. The topological polar surface area (TPSA) is 44.8 Å². The standard InChI is InChI=1S/C18H27N3O2.ClH/c1-14-15(6-5-9-19-14)18(22)21-12-10-20(11-13-21)16-7-3-4-8-17(16)23-2;/h3-4,7-8,14-15,19H,5-6,9-13H2,1-2H3;1H. The van der Waals surface area contributed by atoms with Gasteiger partial charge in [-0.1, -0.05) is 12.1 Å². The maximum atomic E-state index is 12.8. The van der Waals surface area contributed by atoms with Crippen LogP contribution < -0.4 is 15.0 Å². The van der Waals surface area contributed by atoms with Gasteiger partial charge in [0.05, 0.1) is 18.7 Å². The molecule has 1 aromatic carbocycles. The van der Waals surface area contributed by atoms with Crippen molar-refractivity contribution in [3.8, 4) is 5.75 Å². The van der Waals surface area contributed by atoms with Gasteiger partial charge in [-0.25, -0.2) is 0 Å². The van der Waals surface area contributed by atoms with Gasteiger partial charge in [-0.2, -0.15) is 0 Å². The Morgan fingerprint density at radius 2 is 1.92 bits per heavy atom. The Labute approximate surface area is 150 Å². The van der Waals surface area contributed by atoms with Gasteiger partial charge >= 0.3 is 0 Å². The van der Waals surface area contributed by atoms with Gasteiger partial charge in [-0.15, -0.1) is 12.4 Å². The molecular weight excluding hydrogens is 326 g/mol. The van der Waals surface area contributed by atoms with Crippen LogP contribution >= 0.6 is 12.4 Å². The van der Waals surface area contributed by atoms with Crippen LogP contribution in [-0.2, 0) is 4.79 Å². The Hall–Kier alpha value is -1.46. The minimum Gasteiger partial charge on any atom is -0.495 e. The largest absolute Gasteiger partial charge is 0.495 e. The van der Waals surface area contributed by atoms with Gasteiger partial charge in [0, 0.05) is 32.2 Å². The second-order valence-electron chi connectivity index (χ2n) is 6.48. The van der Waals surface area contributed by atoms with Crippen molar-refractivity contribution in [2.45, 2.75) is 25.8 Å². The number of para-hydroxylation sites is 2. The number of nitrogens with zero attached hydrogens (tertiary/aromatic N) is 2. The minimum absolute atomic E-state index is 0. The number of amides is 1. The molecule has 2 atom stereocenters. The van der Waals surface area contributed by atoms with E-state index in [0.717, 1.165) is 57.0 Å².